The molecule has 1 N–H and O–H groups in total. The summed E-state index contributed by atoms with van der Waals surface area (Å²) >= 11 is 1.69. The van der Waals surface area contributed by atoms with Gasteiger partial charge in [0.1, 0.15) is 0 Å². The first-order valence-corrected chi connectivity index (χ1v) is 7.61. The highest BCUT2D eigenvalue weighted by molar-refractivity contribution is 7.09. The van der Waals surface area contributed by atoms with Gasteiger partial charge in [-0.15, -0.1) is 11.3 Å². The Morgan fingerprint density at radius 3 is 2.95 bits per heavy atom. The van der Waals surface area contributed by atoms with Gasteiger partial charge in [-0.05, 0) is 30.5 Å². The van der Waals surface area contributed by atoms with Gasteiger partial charge < -0.3 is 15.0 Å². The Morgan fingerprint density at radius 1 is 1.63 bits per heavy atom. The molecule has 1 saturated heterocycles. The van der Waals surface area contributed by atoms with Crippen LogP contribution in [0, 0.1) is 11.8 Å². The fourth-order valence-corrected chi connectivity index (χ4v) is 2.93. The van der Waals surface area contributed by atoms with Crippen LogP contribution in [0.5, 0.6) is 0 Å². The molecule has 2 rings (SSSR count). The highest BCUT2D eigenvalue weighted by Gasteiger charge is 2.31. The first kappa shape index (κ1) is 14.5. The average Bonchev–Trinajstić information content (AvgIpc) is 2.84. The standard InChI is InChI=1S/C14H22N2O2S/c1-11(12-8-15-9-12)14(17)16(5-6-18-2)10-13-4-3-7-19-13/h3-4,7,11-12,15H,5-6,8-10H2,1-2H3. The summed E-state index contributed by atoms with van der Waals surface area (Å²) in [6.07, 6.45) is 0. The molecule has 19 heavy (non-hydrogen) atoms. The number of nitrogens with one attached hydrogen (secondary N) is 1. The van der Waals surface area contributed by atoms with Crippen molar-refractivity contribution in [2.45, 2.75) is 13.5 Å². The summed E-state index contributed by atoms with van der Waals surface area (Å²) in [5.41, 5.74) is 0. The summed E-state index contributed by atoms with van der Waals surface area (Å²) < 4.78 is 5.12. The van der Waals surface area contributed by atoms with Gasteiger partial charge in [0.25, 0.3) is 0 Å². The third-order valence-corrected chi connectivity index (χ3v) is 4.57. The molecule has 4 nitrogen and oxygen atoms in total. The first-order chi connectivity index (χ1) is 9.22. The van der Waals surface area contributed by atoms with Crippen molar-refractivity contribution in [2.24, 2.45) is 11.8 Å². The van der Waals surface area contributed by atoms with Gasteiger partial charge in [-0.2, -0.15) is 0 Å². The fourth-order valence-electron chi connectivity index (χ4n) is 2.21. The van der Waals surface area contributed by atoms with Crippen LogP contribution in [0.1, 0.15) is 11.8 Å². The smallest absolute Gasteiger partial charge is 0.226 e. The molecule has 1 fully saturated rings. The minimum Gasteiger partial charge on any atom is -0.383 e. The number of ether oxygens (including phenoxy) is 1. The number of thiophene rings is 1. The Balaban J connectivity index is 1.96. The normalized spacial score (nSPS) is 16.9. The molecular weight excluding hydrogens is 260 g/mol. The van der Waals surface area contributed by atoms with Crippen LogP contribution in [0.25, 0.3) is 0 Å². The minimum absolute atomic E-state index is 0.0954. The maximum absolute atomic E-state index is 12.6. The van der Waals surface area contributed by atoms with Crippen molar-refractivity contribution in [2.75, 3.05) is 33.4 Å². The lowest BCUT2D eigenvalue weighted by molar-refractivity contribution is -0.138. The number of rotatable bonds is 7. The van der Waals surface area contributed by atoms with Gasteiger partial charge in [-0.1, -0.05) is 13.0 Å². The number of carbonyl (C=O) groups excluding carboxylic acids is 1. The molecule has 106 valence electrons. The second-order valence-corrected chi connectivity index (χ2v) is 6.07. The van der Waals surface area contributed by atoms with Gasteiger partial charge in [-0.25, -0.2) is 0 Å². The van der Waals surface area contributed by atoms with E-state index >= 15 is 0 Å². The minimum atomic E-state index is 0.0954. The average molecular weight is 282 g/mol. The van der Waals surface area contributed by atoms with Crippen molar-refractivity contribution < 1.29 is 9.53 Å². The summed E-state index contributed by atoms with van der Waals surface area (Å²) in [6.45, 7) is 5.92. The van der Waals surface area contributed by atoms with Gasteiger partial charge >= 0.3 is 0 Å². The van der Waals surface area contributed by atoms with Crippen LogP contribution in [-0.2, 0) is 16.1 Å². The number of carbonyl (C=O) groups is 1. The van der Waals surface area contributed by atoms with E-state index in [0.717, 1.165) is 13.1 Å². The summed E-state index contributed by atoms with van der Waals surface area (Å²) in [5.74, 6) is 0.830. The summed E-state index contributed by atoms with van der Waals surface area (Å²) in [5, 5.41) is 5.28. The molecule has 0 aliphatic carbocycles. The molecule has 1 aliphatic rings. The zero-order chi connectivity index (χ0) is 13.7. The van der Waals surface area contributed by atoms with Crippen LogP contribution in [0.4, 0.5) is 0 Å². The van der Waals surface area contributed by atoms with E-state index in [1.165, 1.54) is 4.88 Å². The Bertz CT molecular complexity index is 390. The molecule has 0 spiro atoms. The van der Waals surface area contributed by atoms with E-state index in [2.05, 4.69) is 11.4 Å². The van der Waals surface area contributed by atoms with E-state index in [9.17, 15) is 4.79 Å². The van der Waals surface area contributed by atoms with Crippen molar-refractivity contribution in [3.05, 3.63) is 22.4 Å². The predicted molar refractivity (Wildman–Crippen MR) is 77.1 cm³/mol. The van der Waals surface area contributed by atoms with Gasteiger partial charge in [0.2, 0.25) is 5.91 Å². The van der Waals surface area contributed by atoms with Gasteiger partial charge in [-0.3, -0.25) is 4.79 Å². The monoisotopic (exact) mass is 282 g/mol. The molecule has 1 unspecified atom stereocenters. The molecule has 0 bridgehead atoms. The Morgan fingerprint density at radius 2 is 2.42 bits per heavy atom. The predicted octanol–water partition coefficient (Wildman–Crippen LogP) is 1.58. The molecule has 5 heteroatoms. The lowest BCUT2D eigenvalue weighted by atomic mass is 9.88. The lowest BCUT2D eigenvalue weighted by Crippen LogP contribution is -2.50. The van der Waals surface area contributed by atoms with E-state index in [0.29, 0.717) is 25.6 Å². The molecule has 0 aromatic carbocycles. The number of nitrogens with zero attached hydrogens (tertiary/aromatic N) is 1. The Hall–Kier alpha value is -0.910. The molecule has 1 atom stereocenters. The highest BCUT2D eigenvalue weighted by Crippen LogP contribution is 2.20. The zero-order valence-corrected chi connectivity index (χ0v) is 12.4. The quantitative estimate of drug-likeness (QED) is 0.825. The fraction of sp³-hybridized carbons (Fsp3) is 0.643. The van der Waals surface area contributed by atoms with Crippen LogP contribution in [0.3, 0.4) is 0 Å². The molecule has 1 aromatic rings. The zero-order valence-electron chi connectivity index (χ0n) is 11.6. The van der Waals surface area contributed by atoms with Crippen LogP contribution in [0.15, 0.2) is 17.5 Å². The topological polar surface area (TPSA) is 41.6 Å². The van der Waals surface area contributed by atoms with Crippen molar-refractivity contribution in [1.29, 1.82) is 0 Å². The van der Waals surface area contributed by atoms with E-state index in [4.69, 9.17) is 4.74 Å². The van der Waals surface area contributed by atoms with Crippen molar-refractivity contribution >= 4 is 17.2 Å². The van der Waals surface area contributed by atoms with Crippen molar-refractivity contribution in [3.63, 3.8) is 0 Å². The molecule has 0 saturated carbocycles. The van der Waals surface area contributed by atoms with E-state index in [1.54, 1.807) is 18.4 Å². The van der Waals surface area contributed by atoms with Crippen LogP contribution >= 0.6 is 11.3 Å². The van der Waals surface area contributed by atoms with Crippen LogP contribution in [0.2, 0.25) is 0 Å². The number of methoxy groups -OCH3 is 1. The van der Waals surface area contributed by atoms with E-state index < -0.39 is 0 Å². The van der Waals surface area contributed by atoms with Gasteiger partial charge in [0.05, 0.1) is 13.2 Å². The van der Waals surface area contributed by atoms with Crippen molar-refractivity contribution in [1.82, 2.24) is 10.2 Å². The van der Waals surface area contributed by atoms with Crippen LogP contribution in [-0.4, -0.2) is 44.2 Å². The second kappa shape index (κ2) is 7.03. The largest absolute Gasteiger partial charge is 0.383 e. The first-order valence-electron chi connectivity index (χ1n) is 6.73. The summed E-state index contributed by atoms with van der Waals surface area (Å²) in [7, 11) is 1.67. The molecule has 0 radical (unpaired) electrons. The molecule has 1 aliphatic heterocycles. The third-order valence-electron chi connectivity index (χ3n) is 3.71. The van der Waals surface area contributed by atoms with Gasteiger partial charge in [0, 0.05) is 24.4 Å². The highest BCUT2D eigenvalue weighted by atomic mass is 32.1. The Labute approximate surface area is 118 Å². The molecular formula is C14H22N2O2S. The third kappa shape index (κ3) is 3.78. The molecule has 1 aromatic heterocycles. The summed E-state index contributed by atoms with van der Waals surface area (Å²) in [6, 6.07) is 4.10. The maximum Gasteiger partial charge on any atom is 0.226 e. The van der Waals surface area contributed by atoms with E-state index in [-0.39, 0.29) is 11.8 Å². The maximum atomic E-state index is 12.6. The van der Waals surface area contributed by atoms with Crippen molar-refractivity contribution in [3.8, 4) is 0 Å². The van der Waals surface area contributed by atoms with E-state index in [1.807, 2.05) is 23.3 Å². The molecule has 2 heterocycles. The van der Waals surface area contributed by atoms with Gasteiger partial charge in [0.15, 0.2) is 0 Å². The molecule has 1 amide bonds. The van der Waals surface area contributed by atoms with Crippen LogP contribution < -0.4 is 5.32 Å². The Kier molecular flexibility index (Phi) is 5.36. The number of hydrogen-bond donors (Lipinski definition) is 1. The second-order valence-electron chi connectivity index (χ2n) is 5.04. The number of amides is 1. The lowest BCUT2D eigenvalue weighted by Gasteiger charge is -2.35. The SMILES string of the molecule is COCCN(Cc1cccs1)C(=O)C(C)C1CNC1. The number of hydrogen-bond acceptors (Lipinski definition) is 4. The summed E-state index contributed by atoms with van der Waals surface area (Å²) in [4.78, 5) is 15.7.